The number of benzene rings is 6. The van der Waals surface area contributed by atoms with Crippen molar-refractivity contribution in [2.24, 2.45) is 4.99 Å². The average molecular weight is 514 g/mol. The molecule has 6 aromatic rings. The first-order valence-corrected chi connectivity index (χ1v) is 13.7. The maximum Gasteiger partial charge on any atom is 0.0718 e. The van der Waals surface area contributed by atoms with Crippen LogP contribution in [0.1, 0.15) is 29.2 Å². The summed E-state index contributed by atoms with van der Waals surface area (Å²) in [5, 5.41) is 4.83. The van der Waals surface area contributed by atoms with Crippen LogP contribution in [0.3, 0.4) is 0 Å². The molecule has 40 heavy (non-hydrogen) atoms. The Kier molecular flexibility index (Phi) is 6.95. The molecule has 0 unspecified atom stereocenters. The predicted molar refractivity (Wildman–Crippen MR) is 174 cm³/mol. The molecule has 0 spiro atoms. The Labute approximate surface area is 236 Å². The molecule has 192 valence electrons. The molecule has 0 N–H and O–H groups in total. The third-order valence-electron chi connectivity index (χ3n) is 7.49. The number of hydrogen-bond donors (Lipinski definition) is 0. The van der Waals surface area contributed by atoms with Gasteiger partial charge in [-0.3, -0.25) is 0 Å². The van der Waals surface area contributed by atoms with Crippen LogP contribution in [0, 0.1) is 6.92 Å². The van der Waals surface area contributed by atoms with E-state index in [9.17, 15) is 0 Å². The second-order valence-electron chi connectivity index (χ2n) is 10.3. The highest BCUT2D eigenvalue weighted by atomic mass is 14.8. The summed E-state index contributed by atoms with van der Waals surface area (Å²) in [4.78, 5) is 5.17. The summed E-state index contributed by atoms with van der Waals surface area (Å²) < 4.78 is 0. The van der Waals surface area contributed by atoms with Gasteiger partial charge in [-0.1, -0.05) is 146 Å². The summed E-state index contributed by atoms with van der Waals surface area (Å²) in [5.74, 6) is 0. The topological polar surface area (TPSA) is 12.4 Å². The number of allylic oxidation sites excluding steroid dienone is 2. The molecule has 0 radical (unpaired) electrons. The highest BCUT2D eigenvalue weighted by Gasteiger charge is 2.11. The highest BCUT2D eigenvalue weighted by Crippen LogP contribution is 2.29. The van der Waals surface area contributed by atoms with Crippen LogP contribution in [0.15, 0.2) is 151 Å². The molecule has 0 saturated heterocycles. The quantitative estimate of drug-likeness (QED) is 0.196. The van der Waals surface area contributed by atoms with Gasteiger partial charge < -0.3 is 0 Å². The van der Waals surface area contributed by atoms with Crippen molar-refractivity contribution in [2.45, 2.75) is 13.8 Å². The Balaban J connectivity index is 1.44. The van der Waals surface area contributed by atoms with Crippen LogP contribution in [0.2, 0.25) is 0 Å². The van der Waals surface area contributed by atoms with Crippen LogP contribution in [-0.4, -0.2) is 5.71 Å². The fourth-order valence-electron chi connectivity index (χ4n) is 5.28. The van der Waals surface area contributed by atoms with E-state index >= 15 is 0 Å². The second-order valence-corrected chi connectivity index (χ2v) is 10.3. The van der Waals surface area contributed by atoms with E-state index in [4.69, 9.17) is 4.99 Å². The molecular weight excluding hydrogens is 482 g/mol. The summed E-state index contributed by atoms with van der Waals surface area (Å²) in [6, 6.07) is 47.0. The first-order valence-electron chi connectivity index (χ1n) is 13.7. The monoisotopic (exact) mass is 513 g/mol. The van der Waals surface area contributed by atoms with Crippen molar-refractivity contribution in [2.75, 3.05) is 0 Å². The SMILES string of the molecule is C=C(/N=C(\C=C(/C)c1cccc2ccccc12)c1cccc2ccccc12)c1ccc(-c2ccc(C)cc2)cc1. The number of nitrogens with zero attached hydrogens (tertiary/aromatic N) is 1. The molecule has 0 fully saturated rings. The van der Waals surface area contributed by atoms with Gasteiger partial charge in [-0.25, -0.2) is 4.99 Å². The molecule has 6 rings (SSSR count). The fourth-order valence-corrected chi connectivity index (χ4v) is 5.28. The first-order chi connectivity index (χ1) is 19.6. The highest BCUT2D eigenvalue weighted by molar-refractivity contribution is 6.20. The third kappa shape index (κ3) is 5.15. The molecule has 0 bridgehead atoms. The van der Waals surface area contributed by atoms with Gasteiger partial charge in [0.15, 0.2) is 0 Å². The Morgan fingerprint density at radius 1 is 0.575 bits per heavy atom. The second kappa shape index (κ2) is 11.0. The lowest BCUT2D eigenvalue weighted by Gasteiger charge is -2.12. The summed E-state index contributed by atoms with van der Waals surface area (Å²) in [5.41, 5.74) is 9.74. The predicted octanol–water partition coefficient (Wildman–Crippen LogP) is 10.5. The van der Waals surface area contributed by atoms with Gasteiger partial charge >= 0.3 is 0 Å². The summed E-state index contributed by atoms with van der Waals surface area (Å²) in [7, 11) is 0. The van der Waals surface area contributed by atoms with Crippen molar-refractivity contribution in [1.29, 1.82) is 0 Å². The zero-order valence-electron chi connectivity index (χ0n) is 22.9. The van der Waals surface area contributed by atoms with E-state index in [0.717, 1.165) is 28.1 Å². The summed E-state index contributed by atoms with van der Waals surface area (Å²) in [6.07, 6.45) is 2.20. The van der Waals surface area contributed by atoms with E-state index in [-0.39, 0.29) is 0 Å². The molecule has 6 aromatic carbocycles. The van der Waals surface area contributed by atoms with E-state index in [1.54, 1.807) is 0 Å². The van der Waals surface area contributed by atoms with Crippen molar-refractivity contribution >= 4 is 38.5 Å². The van der Waals surface area contributed by atoms with Gasteiger partial charge in [0.2, 0.25) is 0 Å². The minimum Gasteiger partial charge on any atom is -0.248 e. The van der Waals surface area contributed by atoms with Gasteiger partial charge in [0.05, 0.1) is 11.4 Å². The number of fused-ring (bicyclic) bond motifs is 2. The first kappa shape index (κ1) is 25.3. The normalized spacial score (nSPS) is 12.2. The van der Waals surface area contributed by atoms with Crippen LogP contribution in [0.4, 0.5) is 0 Å². The molecule has 0 amide bonds. The van der Waals surface area contributed by atoms with E-state index in [1.165, 1.54) is 43.8 Å². The standard InChI is InChI=1S/C39H31N/c1-27-18-20-31(21-19-27)32-24-22-30(23-25-32)29(3)40-39(38-17-9-13-34-11-5-7-15-37(34)38)26-28(2)35-16-8-12-33-10-4-6-14-36(33)35/h4-26H,3H2,1-2H3/b28-26+,40-39+. The zero-order chi connectivity index (χ0) is 27.5. The van der Waals surface area contributed by atoms with Crippen molar-refractivity contribution in [1.82, 2.24) is 0 Å². The smallest absolute Gasteiger partial charge is 0.0718 e. The number of aliphatic imine (C=N–C) groups is 1. The van der Waals surface area contributed by atoms with Crippen molar-refractivity contribution in [3.8, 4) is 11.1 Å². The van der Waals surface area contributed by atoms with E-state index < -0.39 is 0 Å². The third-order valence-corrected chi connectivity index (χ3v) is 7.49. The molecule has 0 saturated carbocycles. The Hall–Kier alpha value is -5.01. The number of hydrogen-bond acceptors (Lipinski definition) is 1. The minimum absolute atomic E-state index is 0.736. The van der Waals surface area contributed by atoms with Crippen molar-refractivity contribution in [3.05, 3.63) is 168 Å². The fraction of sp³-hybridized carbons (Fsp3) is 0.0513. The Morgan fingerprint density at radius 2 is 1.07 bits per heavy atom. The van der Waals surface area contributed by atoms with Crippen LogP contribution in [0.5, 0.6) is 0 Å². The van der Waals surface area contributed by atoms with E-state index in [1.807, 2.05) is 0 Å². The van der Waals surface area contributed by atoms with Crippen molar-refractivity contribution in [3.63, 3.8) is 0 Å². The summed E-state index contributed by atoms with van der Waals surface area (Å²) >= 11 is 0. The molecular formula is C39H31N. The number of aryl methyl sites for hydroxylation is 1. The van der Waals surface area contributed by atoms with Crippen LogP contribution in [0.25, 0.3) is 43.9 Å². The maximum atomic E-state index is 5.17. The molecule has 0 aromatic heterocycles. The molecule has 0 aliphatic heterocycles. The Morgan fingerprint density at radius 3 is 1.70 bits per heavy atom. The molecule has 0 aliphatic carbocycles. The van der Waals surface area contributed by atoms with E-state index in [0.29, 0.717) is 0 Å². The van der Waals surface area contributed by atoms with Crippen LogP contribution >= 0.6 is 0 Å². The molecule has 0 aliphatic rings. The van der Waals surface area contributed by atoms with E-state index in [2.05, 4.69) is 160 Å². The molecule has 0 heterocycles. The van der Waals surface area contributed by atoms with Gasteiger partial charge in [0.25, 0.3) is 0 Å². The van der Waals surface area contributed by atoms with Gasteiger partial charge in [-0.2, -0.15) is 0 Å². The maximum absolute atomic E-state index is 5.17. The molecule has 1 nitrogen and oxygen atoms in total. The lowest BCUT2D eigenvalue weighted by atomic mass is 9.95. The Bertz CT molecular complexity index is 1890. The van der Waals surface area contributed by atoms with Gasteiger partial charge in [-0.15, -0.1) is 0 Å². The van der Waals surface area contributed by atoms with Gasteiger partial charge in [-0.05, 0) is 69.3 Å². The van der Waals surface area contributed by atoms with Crippen LogP contribution in [-0.2, 0) is 0 Å². The lowest BCUT2D eigenvalue weighted by molar-refractivity contribution is 1.46. The molecule has 0 atom stereocenters. The minimum atomic E-state index is 0.736. The summed E-state index contributed by atoms with van der Waals surface area (Å²) in [6.45, 7) is 8.68. The largest absolute Gasteiger partial charge is 0.248 e. The average Bonchev–Trinajstić information content (AvgIpc) is 3.00. The van der Waals surface area contributed by atoms with Crippen molar-refractivity contribution < 1.29 is 0 Å². The van der Waals surface area contributed by atoms with Crippen LogP contribution < -0.4 is 0 Å². The lowest BCUT2D eigenvalue weighted by Crippen LogP contribution is -2.01. The molecule has 1 heteroatoms. The van der Waals surface area contributed by atoms with Gasteiger partial charge in [0, 0.05) is 5.56 Å². The number of rotatable bonds is 6. The van der Waals surface area contributed by atoms with Gasteiger partial charge in [0.1, 0.15) is 0 Å². The zero-order valence-corrected chi connectivity index (χ0v) is 22.9.